The lowest BCUT2D eigenvalue weighted by atomic mass is 9.93. The van der Waals surface area contributed by atoms with Crippen molar-refractivity contribution in [3.05, 3.63) is 24.7 Å². The van der Waals surface area contributed by atoms with Crippen LogP contribution in [0.2, 0.25) is 0 Å². The van der Waals surface area contributed by atoms with Gasteiger partial charge in [0.1, 0.15) is 12.1 Å². The highest BCUT2D eigenvalue weighted by Crippen LogP contribution is 2.33. The molecule has 2 N–H and O–H groups in total. The van der Waals surface area contributed by atoms with Gasteiger partial charge in [-0.15, -0.1) is 0 Å². The van der Waals surface area contributed by atoms with Gasteiger partial charge in [-0.3, -0.25) is 0 Å². The average Bonchev–Trinajstić information content (AvgIpc) is 2.70. The van der Waals surface area contributed by atoms with Crippen molar-refractivity contribution in [2.24, 2.45) is 0 Å². The molecule has 1 saturated heterocycles. The minimum atomic E-state index is -0.958. The summed E-state index contributed by atoms with van der Waals surface area (Å²) in [5, 5.41) is 12.3. The van der Waals surface area contributed by atoms with Crippen molar-refractivity contribution < 1.29 is 19.4 Å². The minimum Gasteiger partial charge on any atom is -0.490 e. The van der Waals surface area contributed by atoms with Gasteiger partial charge in [-0.05, 0) is 31.7 Å². The van der Waals surface area contributed by atoms with Gasteiger partial charge in [0, 0.05) is 37.1 Å². The van der Waals surface area contributed by atoms with Gasteiger partial charge in [0.25, 0.3) is 0 Å². The van der Waals surface area contributed by atoms with Crippen LogP contribution in [-0.2, 0) is 4.74 Å². The molecule has 2 fully saturated rings. The topological polar surface area (TPSA) is 96.8 Å². The van der Waals surface area contributed by atoms with Crippen molar-refractivity contribution in [1.29, 1.82) is 0 Å². The number of fused-ring (bicyclic) bond motifs is 1. The predicted octanol–water partition coefficient (Wildman–Crippen LogP) is 2.42. The van der Waals surface area contributed by atoms with Crippen molar-refractivity contribution in [3.8, 4) is 5.75 Å². The van der Waals surface area contributed by atoms with Crippen molar-refractivity contribution in [2.45, 2.75) is 37.8 Å². The van der Waals surface area contributed by atoms with E-state index in [1.54, 1.807) is 12.5 Å². The third-order valence-electron chi connectivity index (χ3n) is 5.24. The number of rotatable bonds is 4. The zero-order valence-corrected chi connectivity index (χ0v) is 15.1. The lowest BCUT2D eigenvalue weighted by molar-refractivity contribution is 0.122. The first-order valence-corrected chi connectivity index (χ1v) is 9.41. The first-order chi connectivity index (χ1) is 13.2. The summed E-state index contributed by atoms with van der Waals surface area (Å²) < 4.78 is 11.8. The Labute approximate surface area is 157 Å². The number of amides is 1. The normalized spacial score (nSPS) is 23.2. The van der Waals surface area contributed by atoms with Gasteiger partial charge in [-0.2, -0.15) is 0 Å². The highest BCUT2D eigenvalue weighted by atomic mass is 16.5. The van der Waals surface area contributed by atoms with Gasteiger partial charge in [0.15, 0.2) is 0 Å². The van der Waals surface area contributed by atoms with Crippen LogP contribution in [0.1, 0.15) is 25.7 Å². The number of ether oxygens (including phenoxy) is 2. The number of carbonyl (C=O) groups is 1. The van der Waals surface area contributed by atoms with Crippen molar-refractivity contribution >= 4 is 22.7 Å². The highest BCUT2D eigenvalue weighted by molar-refractivity contribution is 5.88. The third kappa shape index (κ3) is 4.21. The Morgan fingerprint density at radius 2 is 2.00 bits per heavy atom. The van der Waals surface area contributed by atoms with E-state index in [1.807, 2.05) is 0 Å². The Bertz CT molecular complexity index is 801. The SMILES string of the molecule is O=C(O)N[C@H]1CC[C@@H](Oc2cc(N3CCOCC3)cc3ncncc23)CC1. The zero-order chi connectivity index (χ0) is 18.6. The molecule has 0 bridgehead atoms. The Kier molecular flexibility index (Phi) is 5.24. The molecule has 1 amide bonds. The van der Waals surface area contributed by atoms with Gasteiger partial charge in [0.2, 0.25) is 0 Å². The van der Waals surface area contributed by atoms with Crippen LogP contribution in [0.4, 0.5) is 10.5 Å². The number of nitrogens with one attached hydrogen (secondary N) is 1. The molecule has 0 atom stereocenters. The van der Waals surface area contributed by atoms with Crippen molar-refractivity contribution in [3.63, 3.8) is 0 Å². The molecule has 0 unspecified atom stereocenters. The van der Waals surface area contributed by atoms with Crippen molar-refractivity contribution in [1.82, 2.24) is 15.3 Å². The van der Waals surface area contributed by atoms with Crippen LogP contribution in [0.3, 0.4) is 0 Å². The number of hydrogen-bond donors (Lipinski definition) is 2. The predicted molar refractivity (Wildman–Crippen MR) is 100 cm³/mol. The van der Waals surface area contributed by atoms with Gasteiger partial charge in [-0.1, -0.05) is 0 Å². The summed E-state index contributed by atoms with van der Waals surface area (Å²) in [6.07, 6.45) is 5.67. The summed E-state index contributed by atoms with van der Waals surface area (Å²) in [6, 6.07) is 4.16. The van der Waals surface area contributed by atoms with E-state index in [0.29, 0.717) is 0 Å². The lowest BCUT2D eigenvalue weighted by Crippen LogP contribution is -2.39. The Morgan fingerprint density at radius 3 is 2.74 bits per heavy atom. The molecule has 0 radical (unpaired) electrons. The molecular formula is C19H24N4O4. The maximum absolute atomic E-state index is 10.8. The van der Waals surface area contributed by atoms with Crippen LogP contribution < -0.4 is 15.0 Å². The Morgan fingerprint density at radius 1 is 1.22 bits per heavy atom. The van der Waals surface area contributed by atoms with E-state index in [2.05, 4.69) is 32.3 Å². The number of nitrogens with zero attached hydrogens (tertiary/aromatic N) is 3. The number of aromatic nitrogens is 2. The first-order valence-electron chi connectivity index (χ1n) is 9.41. The molecule has 1 aliphatic heterocycles. The standard InChI is InChI=1S/C19H24N4O4/c24-19(25)22-13-1-3-15(4-2-13)27-18-10-14(23-5-7-26-8-6-23)9-17-16(18)11-20-12-21-17/h9-13,15,22H,1-8H2,(H,24,25)/t13-,15+. The van der Waals surface area contributed by atoms with E-state index in [9.17, 15) is 4.79 Å². The molecular weight excluding hydrogens is 348 g/mol. The summed E-state index contributed by atoms with van der Waals surface area (Å²) in [4.78, 5) is 21.7. The maximum Gasteiger partial charge on any atom is 0.404 e. The molecule has 2 aromatic rings. The third-order valence-corrected chi connectivity index (χ3v) is 5.24. The summed E-state index contributed by atoms with van der Waals surface area (Å²) in [6.45, 7) is 3.14. The van der Waals surface area contributed by atoms with E-state index in [4.69, 9.17) is 14.6 Å². The molecule has 1 aromatic carbocycles. The highest BCUT2D eigenvalue weighted by Gasteiger charge is 2.24. The largest absolute Gasteiger partial charge is 0.490 e. The van der Waals surface area contributed by atoms with Crippen molar-refractivity contribution in [2.75, 3.05) is 31.2 Å². The fourth-order valence-corrected chi connectivity index (χ4v) is 3.82. The zero-order valence-electron chi connectivity index (χ0n) is 15.1. The second kappa shape index (κ2) is 7.96. The molecule has 8 nitrogen and oxygen atoms in total. The molecule has 4 rings (SSSR count). The number of benzene rings is 1. The van der Waals surface area contributed by atoms with Gasteiger partial charge in [0.05, 0.1) is 30.2 Å². The molecule has 0 spiro atoms. The molecule has 1 saturated carbocycles. The first kappa shape index (κ1) is 17.8. The van der Waals surface area contributed by atoms with E-state index in [1.165, 1.54) is 0 Å². The molecule has 27 heavy (non-hydrogen) atoms. The monoisotopic (exact) mass is 372 g/mol. The average molecular weight is 372 g/mol. The smallest absolute Gasteiger partial charge is 0.404 e. The fourth-order valence-electron chi connectivity index (χ4n) is 3.82. The van der Waals surface area contributed by atoms with Gasteiger partial charge >= 0.3 is 6.09 Å². The maximum atomic E-state index is 10.8. The molecule has 144 valence electrons. The summed E-state index contributed by atoms with van der Waals surface area (Å²) >= 11 is 0. The van der Waals surface area contributed by atoms with Crippen LogP contribution in [0.15, 0.2) is 24.7 Å². The summed E-state index contributed by atoms with van der Waals surface area (Å²) in [5.74, 6) is 0.796. The van der Waals surface area contributed by atoms with Crippen LogP contribution in [0.5, 0.6) is 5.75 Å². The molecule has 2 aliphatic rings. The lowest BCUT2D eigenvalue weighted by Gasteiger charge is -2.31. The number of hydrogen-bond acceptors (Lipinski definition) is 6. The van der Waals surface area contributed by atoms with Gasteiger partial charge in [-0.25, -0.2) is 14.8 Å². The Balaban J connectivity index is 1.53. The van der Waals surface area contributed by atoms with E-state index in [0.717, 1.165) is 74.3 Å². The Hall–Kier alpha value is -2.61. The van der Waals surface area contributed by atoms with Crippen LogP contribution in [0.25, 0.3) is 10.9 Å². The number of morpholine rings is 1. The van der Waals surface area contributed by atoms with E-state index >= 15 is 0 Å². The number of anilines is 1. The van der Waals surface area contributed by atoms with Crippen LogP contribution in [-0.4, -0.2) is 59.6 Å². The second-order valence-corrected chi connectivity index (χ2v) is 7.04. The van der Waals surface area contributed by atoms with Crippen LogP contribution >= 0.6 is 0 Å². The minimum absolute atomic E-state index is 0.0158. The molecule has 1 aliphatic carbocycles. The number of carboxylic acid groups (broad SMARTS) is 1. The van der Waals surface area contributed by atoms with E-state index < -0.39 is 6.09 Å². The second-order valence-electron chi connectivity index (χ2n) is 7.04. The van der Waals surface area contributed by atoms with Crippen LogP contribution in [0, 0.1) is 0 Å². The van der Waals surface area contributed by atoms with Gasteiger partial charge < -0.3 is 24.8 Å². The quantitative estimate of drug-likeness (QED) is 0.851. The fraction of sp³-hybridized carbons (Fsp3) is 0.526. The summed E-state index contributed by atoms with van der Waals surface area (Å²) in [7, 11) is 0. The molecule has 8 heteroatoms. The molecule has 1 aromatic heterocycles. The van der Waals surface area contributed by atoms with E-state index in [-0.39, 0.29) is 12.1 Å². The summed E-state index contributed by atoms with van der Waals surface area (Å²) in [5.41, 5.74) is 1.95. The molecule has 2 heterocycles.